The Morgan fingerprint density at radius 2 is 1.81 bits per heavy atom. The van der Waals surface area contributed by atoms with Gasteiger partial charge in [0.25, 0.3) is 5.91 Å². The third-order valence-electron chi connectivity index (χ3n) is 7.56. The number of hydrogen-bond acceptors (Lipinski definition) is 4. The molecule has 2 unspecified atom stereocenters. The van der Waals surface area contributed by atoms with Crippen molar-refractivity contribution < 1.29 is 9.59 Å². The van der Waals surface area contributed by atoms with E-state index in [2.05, 4.69) is 34.6 Å². The molecule has 1 amide bonds. The molecule has 2 aliphatic rings. The fraction of sp³-hybridized carbons (Fsp3) is 0.267. The van der Waals surface area contributed by atoms with Crippen LogP contribution in [0.4, 0.5) is 0 Å². The zero-order valence-electron chi connectivity index (χ0n) is 20.1. The van der Waals surface area contributed by atoms with Crippen molar-refractivity contribution in [1.82, 2.24) is 14.9 Å². The summed E-state index contributed by atoms with van der Waals surface area (Å²) in [6, 6.07) is 20.0. The molecule has 6 rings (SSSR count). The lowest BCUT2D eigenvalue weighted by Crippen LogP contribution is -2.41. The number of hydrogen-bond donors (Lipinski definition) is 1. The summed E-state index contributed by atoms with van der Waals surface area (Å²) in [7, 11) is 0. The zero-order valence-corrected chi connectivity index (χ0v) is 20.1. The van der Waals surface area contributed by atoms with Crippen LogP contribution in [0.1, 0.15) is 54.4 Å². The molecule has 6 heteroatoms. The summed E-state index contributed by atoms with van der Waals surface area (Å²) in [6.45, 7) is 1.67. The highest BCUT2D eigenvalue weighted by Crippen LogP contribution is 2.48. The van der Waals surface area contributed by atoms with E-state index < -0.39 is 0 Å². The van der Waals surface area contributed by atoms with Gasteiger partial charge in [-0.05, 0) is 79.5 Å². The lowest BCUT2D eigenvalue weighted by molar-refractivity contribution is -0.118. The lowest BCUT2D eigenvalue weighted by atomic mass is 9.93. The standard InChI is InChI=1S/C30H27N3O3/c1-18(34)25-16-26(25)20-12-10-19(11-13-20)21-5-2-8-23(15-21)33-17-27(30(36)32-22-6-3-7-22)28(35)24-9-4-14-31-29(24)33/h2,4-5,8-15,17,22,25-26H,3,6-7,16H2,1H3,(H,32,36). The van der Waals surface area contributed by atoms with Crippen LogP contribution in [0.5, 0.6) is 0 Å². The van der Waals surface area contributed by atoms with E-state index in [4.69, 9.17) is 0 Å². The first-order valence-corrected chi connectivity index (χ1v) is 12.5. The Bertz CT molecular complexity index is 1550. The van der Waals surface area contributed by atoms with E-state index in [9.17, 15) is 14.4 Å². The number of nitrogens with one attached hydrogen (secondary N) is 1. The fourth-order valence-electron chi connectivity index (χ4n) is 5.11. The zero-order chi connectivity index (χ0) is 24.8. The van der Waals surface area contributed by atoms with Crippen LogP contribution < -0.4 is 10.7 Å². The SMILES string of the molecule is CC(=O)C1CC1c1ccc(-c2cccc(-n3cc(C(=O)NC4CCC4)c(=O)c4cccnc43)c2)cc1. The van der Waals surface area contributed by atoms with Crippen molar-refractivity contribution in [2.45, 2.75) is 44.6 Å². The van der Waals surface area contributed by atoms with E-state index in [0.29, 0.717) is 17.0 Å². The average Bonchev–Trinajstić information content (AvgIpc) is 3.68. The maximum Gasteiger partial charge on any atom is 0.257 e. The molecule has 0 aliphatic heterocycles. The van der Waals surface area contributed by atoms with E-state index in [1.165, 1.54) is 5.56 Å². The molecule has 0 bridgehead atoms. The van der Waals surface area contributed by atoms with Crippen molar-refractivity contribution in [2.24, 2.45) is 5.92 Å². The van der Waals surface area contributed by atoms with E-state index in [-0.39, 0.29) is 34.6 Å². The summed E-state index contributed by atoms with van der Waals surface area (Å²) in [5.74, 6) is 0.432. The highest BCUT2D eigenvalue weighted by Gasteiger charge is 2.41. The molecule has 36 heavy (non-hydrogen) atoms. The Labute approximate surface area is 209 Å². The Kier molecular flexibility index (Phi) is 5.52. The molecular formula is C30H27N3O3. The molecule has 0 saturated heterocycles. The molecule has 2 saturated carbocycles. The van der Waals surface area contributed by atoms with Gasteiger partial charge in [0.15, 0.2) is 0 Å². The van der Waals surface area contributed by atoms with Crippen molar-refractivity contribution in [3.8, 4) is 16.8 Å². The first-order chi connectivity index (χ1) is 17.5. The van der Waals surface area contributed by atoms with Gasteiger partial charge in [-0.3, -0.25) is 14.4 Å². The third-order valence-corrected chi connectivity index (χ3v) is 7.56. The van der Waals surface area contributed by atoms with E-state index >= 15 is 0 Å². The van der Waals surface area contributed by atoms with Crippen LogP contribution in [0.25, 0.3) is 27.8 Å². The molecule has 4 aromatic rings. The van der Waals surface area contributed by atoms with Crippen LogP contribution >= 0.6 is 0 Å². The number of rotatable bonds is 6. The second-order valence-electron chi connectivity index (χ2n) is 9.95. The minimum atomic E-state index is -0.333. The van der Waals surface area contributed by atoms with E-state index in [0.717, 1.165) is 42.5 Å². The van der Waals surface area contributed by atoms with E-state index in [1.54, 1.807) is 31.5 Å². The van der Waals surface area contributed by atoms with Crippen molar-refractivity contribution in [1.29, 1.82) is 0 Å². The Morgan fingerprint density at radius 3 is 2.50 bits per heavy atom. The van der Waals surface area contributed by atoms with Crippen molar-refractivity contribution in [3.05, 3.63) is 94.4 Å². The van der Waals surface area contributed by atoms with Gasteiger partial charge in [-0.2, -0.15) is 0 Å². The van der Waals surface area contributed by atoms with Gasteiger partial charge in [-0.25, -0.2) is 4.98 Å². The lowest BCUT2D eigenvalue weighted by Gasteiger charge is -2.26. The number of fused-ring (bicyclic) bond motifs is 1. The second-order valence-corrected chi connectivity index (χ2v) is 9.95. The fourth-order valence-corrected chi connectivity index (χ4v) is 5.11. The molecule has 0 radical (unpaired) electrons. The molecule has 2 aromatic carbocycles. The van der Waals surface area contributed by atoms with Gasteiger partial charge in [0.05, 0.1) is 5.39 Å². The highest BCUT2D eigenvalue weighted by atomic mass is 16.2. The summed E-state index contributed by atoms with van der Waals surface area (Å²) < 4.78 is 1.83. The number of pyridine rings is 2. The molecule has 0 spiro atoms. The highest BCUT2D eigenvalue weighted by molar-refractivity contribution is 5.97. The van der Waals surface area contributed by atoms with Crippen molar-refractivity contribution >= 4 is 22.7 Å². The average molecular weight is 478 g/mol. The third kappa shape index (κ3) is 4.02. The summed E-state index contributed by atoms with van der Waals surface area (Å²) in [5.41, 5.74) is 4.43. The quantitative estimate of drug-likeness (QED) is 0.422. The maximum absolute atomic E-state index is 13.2. The van der Waals surface area contributed by atoms with Gasteiger partial charge in [0.2, 0.25) is 5.43 Å². The Hall–Kier alpha value is -4.06. The monoisotopic (exact) mass is 477 g/mol. The number of amides is 1. The minimum absolute atomic E-state index is 0.126. The number of Topliss-reactive ketones (excluding diaryl/α,β-unsaturated/α-hetero) is 1. The van der Waals surface area contributed by atoms with Crippen LogP contribution in [0.15, 0.2) is 77.9 Å². The molecule has 2 aromatic heterocycles. The van der Waals surface area contributed by atoms with Gasteiger partial charge >= 0.3 is 0 Å². The van der Waals surface area contributed by atoms with Crippen LogP contribution in [0, 0.1) is 5.92 Å². The number of ketones is 1. The number of carbonyl (C=O) groups excluding carboxylic acids is 2. The summed E-state index contributed by atoms with van der Waals surface area (Å²) in [6.07, 6.45) is 7.21. The summed E-state index contributed by atoms with van der Waals surface area (Å²) in [5, 5.41) is 3.40. The molecule has 2 aliphatic carbocycles. The predicted molar refractivity (Wildman–Crippen MR) is 139 cm³/mol. The normalized spacial score (nSPS) is 19.0. The molecule has 2 atom stereocenters. The van der Waals surface area contributed by atoms with Crippen LogP contribution in [0.2, 0.25) is 0 Å². The van der Waals surface area contributed by atoms with Gasteiger partial charge in [-0.15, -0.1) is 0 Å². The topological polar surface area (TPSA) is 81.1 Å². The largest absolute Gasteiger partial charge is 0.349 e. The molecule has 2 fully saturated rings. The smallest absolute Gasteiger partial charge is 0.257 e. The molecule has 2 heterocycles. The molecule has 6 nitrogen and oxygen atoms in total. The maximum atomic E-state index is 13.2. The van der Waals surface area contributed by atoms with Crippen LogP contribution in [-0.2, 0) is 4.79 Å². The van der Waals surface area contributed by atoms with E-state index in [1.807, 2.05) is 28.8 Å². The first kappa shape index (κ1) is 22.4. The summed E-state index contributed by atoms with van der Waals surface area (Å²) >= 11 is 0. The van der Waals surface area contributed by atoms with Gasteiger partial charge in [0.1, 0.15) is 17.0 Å². The number of nitrogens with zero attached hydrogens (tertiary/aromatic N) is 2. The van der Waals surface area contributed by atoms with Crippen molar-refractivity contribution in [2.75, 3.05) is 0 Å². The number of benzene rings is 2. The summed E-state index contributed by atoms with van der Waals surface area (Å²) in [4.78, 5) is 42.2. The molecular weight excluding hydrogens is 450 g/mol. The molecule has 180 valence electrons. The minimum Gasteiger partial charge on any atom is -0.349 e. The predicted octanol–water partition coefficient (Wildman–Crippen LogP) is 5.03. The van der Waals surface area contributed by atoms with Crippen molar-refractivity contribution in [3.63, 3.8) is 0 Å². The number of aromatic nitrogens is 2. The Morgan fingerprint density at radius 1 is 1.00 bits per heavy atom. The van der Waals surface area contributed by atoms with Crippen LogP contribution in [-0.4, -0.2) is 27.3 Å². The second kappa shape index (κ2) is 8.86. The molecule has 1 N–H and O–H groups in total. The van der Waals surface area contributed by atoms with Crippen LogP contribution in [0.3, 0.4) is 0 Å². The van der Waals surface area contributed by atoms with Gasteiger partial charge in [0, 0.05) is 30.0 Å². The first-order valence-electron chi connectivity index (χ1n) is 12.5. The Balaban J connectivity index is 1.37. The number of carbonyl (C=O) groups is 2. The van der Waals surface area contributed by atoms with Gasteiger partial charge < -0.3 is 9.88 Å². The van der Waals surface area contributed by atoms with Gasteiger partial charge in [-0.1, -0.05) is 36.4 Å².